The molecule has 0 spiro atoms. The molecular weight excluding hydrogens is 430 g/mol. The van der Waals surface area contributed by atoms with Gasteiger partial charge in [0.15, 0.2) is 0 Å². The zero-order chi connectivity index (χ0) is 24.8. The van der Waals surface area contributed by atoms with Crippen molar-refractivity contribution in [1.29, 1.82) is 0 Å². The Labute approximate surface area is 208 Å². The van der Waals surface area contributed by atoms with Gasteiger partial charge >= 0.3 is 5.97 Å². The van der Waals surface area contributed by atoms with Crippen LogP contribution in [0.3, 0.4) is 0 Å². The molecule has 0 heterocycles. The lowest BCUT2D eigenvalue weighted by Crippen LogP contribution is -2.80. The Hall–Kier alpha value is -3.69. The van der Waals surface area contributed by atoms with Crippen LogP contribution in [0.5, 0.6) is 0 Å². The number of carbonyl (C=O) groups excluding carboxylic acids is 1. The molecule has 0 aliphatic rings. The molecular formula is C32H34NO2+. The molecule has 35 heavy (non-hydrogen) atoms. The Kier molecular flexibility index (Phi) is 7.79. The molecule has 0 bridgehead atoms. The van der Waals surface area contributed by atoms with Crippen LogP contribution in [0.15, 0.2) is 84.9 Å². The minimum absolute atomic E-state index is 0.268. The number of quaternary nitrogens is 1. The molecule has 4 rings (SSSR count). The van der Waals surface area contributed by atoms with Gasteiger partial charge < -0.3 is 10.1 Å². The van der Waals surface area contributed by atoms with Gasteiger partial charge in [-0.2, -0.15) is 0 Å². The Morgan fingerprint density at radius 1 is 0.600 bits per heavy atom. The first-order chi connectivity index (χ1) is 16.9. The standard InChI is InChI=1S/C32H33NO2/c1-22-13-23(2)16-28(15-22)20-33-19-26-5-7-27(8-6-26)21-35-32(34)30-11-9-29(10-12-30)31-17-24(3)14-25(4)18-31/h5-18,33H,19-21H2,1-4H3/p+1. The molecule has 2 N–H and O–H groups in total. The fourth-order valence-electron chi connectivity index (χ4n) is 4.54. The van der Waals surface area contributed by atoms with Crippen LogP contribution in [0.4, 0.5) is 0 Å². The molecule has 0 saturated heterocycles. The zero-order valence-electron chi connectivity index (χ0n) is 21.1. The van der Waals surface area contributed by atoms with Crippen LogP contribution in [-0.2, 0) is 24.4 Å². The monoisotopic (exact) mass is 464 g/mol. The second-order valence-corrected chi connectivity index (χ2v) is 9.54. The molecule has 0 atom stereocenters. The third-order valence-corrected chi connectivity index (χ3v) is 6.11. The van der Waals surface area contributed by atoms with Crippen molar-refractivity contribution in [3.8, 4) is 11.1 Å². The lowest BCUT2D eigenvalue weighted by Gasteiger charge is -2.08. The number of carbonyl (C=O) groups is 1. The Bertz CT molecular complexity index is 1260. The zero-order valence-corrected chi connectivity index (χ0v) is 21.1. The Balaban J connectivity index is 1.27. The molecule has 0 radical (unpaired) electrons. The average molecular weight is 465 g/mol. The van der Waals surface area contributed by atoms with Crippen molar-refractivity contribution in [2.45, 2.75) is 47.4 Å². The summed E-state index contributed by atoms with van der Waals surface area (Å²) in [6.45, 7) is 10.6. The van der Waals surface area contributed by atoms with Crippen molar-refractivity contribution in [3.05, 3.63) is 129 Å². The van der Waals surface area contributed by atoms with Crippen molar-refractivity contribution >= 4 is 5.97 Å². The summed E-state index contributed by atoms with van der Waals surface area (Å²) in [5.41, 5.74) is 11.5. The van der Waals surface area contributed by atoms with E-state index in [1.54, 1.807) is 0 Å². The SMILES string of the molecule is Cc1cc(C)cc(C[NH2+]Cc2ccc(COC(=O)c3ccc(-c4cc(C)cc(C)c4)cc3)cc2)c1. The van der Waals surface area contributed by atoms with Crippen LogP contribution in [0.25, 0.3) is 11.1 Å². The van der Waals surface area contributed by atoms with Crippen molar-refractivity contribution in [2.75, 3.05) is 0 Å². The van der Waals surface area contributed by atoms with E-state index >= 15 is 0 Å². The predicted octanol–water partition coefficient (Wildman–Crippen LogP) is 6.21. The summed E-state index contributed by atoms with van der Waals surface area (Å²) in [6.07, 6.45) is 0. The first-order valence-electron chi connectivity index (χ1n) is 12.2. The van der Waals surface area contributed by atoms with Crippen molar-refractivity contribution in [3.63, 3.8) is 0 Å². The van der Waals surface area contributed by atoms with E-state index in [0.717, 1.165) is 29.8 Å². The summed E-state index contributed by atoms with van der Waals surface area (Å²) in [7, 11) is 0. The second kappa shape index (κ2) is 11.2. The largest absolute Gasteiger partial charge is 0.457 e. The molecule has 0 aliphatic heterocycles. The van der Waals surface area contributed by atoms with Gasteiger partial charge in [-0.25, -0.2) is 4.79 Å². The summed E-state index contributed by atoms with van der Waals surface area (Å²) in [4.78, 5) is 12.5. The van der Waals surface area contributed by atoms with Gasteiger partial charge in [0.05, 0.1) is 5.56 Å². The second-order valence-electron chi connectivity index (χ2n) is 9.54. The van der Waals surface area contributed by atoms with Gasteiger partial charge in [-0.1, -0.05) is 95.1 Å². The third-order valence-electron chi connectivity index (χ3n) is 6.11. The minimum atomic E-state index is -0.303. The van der Waals surface area contributed by atoms with Crippen molar-refractivity contribution in [2.24, 2.45) is 0 Å². The van der Waals surface area contributed by atoms with Crippen molar-refractivity contribution in [1.82, 2.24) is 0 Å². The predicted molar refractivity (Wildman–Crippen MR) is 142 cm³/mol. The van der Waals surface area contributed by atoms with E-state index in [4.69, 9.17) is 4.74 Å². The number of hydrogen-bond donors (Lipinski definition) is 1. The van der Waals surface area contributed by atoms with Crippen LogP contribution in [0.2, 0.25) is 0 Å². The number of aryl methyl sites for hydroxylation is 4. The van der Waals surface area contributed by atoms with E-state index in [0.29, 0.717) is 5.56 Å². The number of nitrogens with two attached hydrogens (primary N) is 1. The van der Waals surface area contributed by atoms with Crippen LogP contribution in [0, 0.1) is 27.7 Å². The lowest BCUT2D eigenvalue weighted by molar-refractivity contribution is -0.686. The quantitative estimate of drug-likeness (QED) is 0.315. The van der Waals surface area contributed by atoms with Gasteiger partial charge in [-0.05, 0) is 56.5 Å². The molecule has 0 saturated carbocycles. The van der Waals surface area contributed by atoms with Crippen LogP contribution in [0.1, 0.15) is 49.3 Å². The number of benzene rings is 4. The van der Waals surface area contributed by atoms with E-state index in [2.05, 4.69) is 81.5 Å². The molecule has 0 aromatic heterocycles. The Morgan fingerprint density at radius 2 is 1.11 bits per heavy atom. The summed E-state index contributed by atoms with van der Waals surface area (Å²) in [5, 5.41) is 2.31. The van der Waals surface area contributed by atoms with Crippen LogP contribution < -0.4 is 5.32 Å². The first-order valence-corrected chi connectivity index (χ1v) is 12.2. The summed E-state index contributed by atoms with van der Waals surface area (Å²) in [5.74, 6) is -0.303. The molecule has 0 aliphatic carbocycles. The number of esters is 1. The molecule has 4 aromatic rings. The minimum Gasteiger partial charge on any atom is -0.457 e. The highest BCUT2D eigenvalue weighted by Gasteiger charge is 2.09. The van der Waals surface area contributed by atoms with Crippen LogP contribution >= 0.6 is 0 Å². The number of ether oxygens (including phenoxy) is 1. The van der Waals surface area contributed by atoms with E-state index in [1.807, 2.05) is 36.4 Å². The normalized spacial score (nSPS) is 10.9. The average Bonchev–Trinajstić information content (AvgIpc) is 2.82. The molecule has 3 heteroatoms. The first kappa shape index (κ1) is 24.4. The lowest BCUT2D eigenvalue weighted by atomic mass is 10.00. The Morgan fingerprint density at radius 3 is 1.71 bits per heavy atom. The molecule has 0 amide bonds. The maximum Gasteiger partial charge on any atom is 0.338 e. The number of hydrogen-bond acceptors (Lipinski definition) is 2. The van der Waals surface area contributed by atoms with E-state index in [1.165, 1.54) is 33.4 Å². The summed E-state index contributed by atoms with van der Waals surface area (Å²) in [6, 6.07) is 29.1. The van der Waals surface area contributed by atoms with Gasteiger partial charge in [-0.15, -0.1) is 0 Å². The maximum atomic E-state index is 12.5. The maximum absolute atomic E-state index is 12.5. The van der Waals surface area contributed by atoms with Gasteiger partial charge in [0, 0.05) is 11.1 Å². The summed E-state index contributed by atoms with van der Waals surface area (Å²) >= 11 is 0. The molecule has 4 aromatic carbocycles. The highest BCUT2D eigenvalue weighted by molar-refractivity contribution is 5.90. The van der Waals surface area contributed by atoms with E-state index < -0.39 is 0 Å². The van der Waals surface area contributed by atoms with E-state index in [-0.39, 0.29) is 12.6 Å². The van der Waals surface area contributed by atoms with E-state index in [9.17, 15) is 4.79 Å². The molecule has 0 fully saturated rings. The van der Waals surface area contributed by atoms with Gasteiger partial charge in [0.2, 0.25) is 0 Å². The highest BCUT2D eigenvalue weighted by Crippen LogP contribution is 2.23. The topological polar surface area (TPSA) is 42.9 Å². The third kappa shape index (κ3) is 6.91. The van der Waals surface area contributed by atoms with Gasteiger partial charge in [0.25, 0.3) is 0 Å². The fourth-order valence-corrected chi connectivity index (χ4v) is 4.54. The highest BCUT2D eigenvalue weighted by atomic mass is 16.5. The molecule has 0 unspecified atom stereocenters. The van der Waals surface area contributed by atoms with Crippen LogP contribution in [-0.4, -0.2) is 5.97 Å². The molecule has 3 nitrogen and oxygen atoms in total. The summed E-state index contributed by atoms with van der Waals surface area (Å²) < 4.78 is 5.55. The van der Waals surface area contributed by atoms with Gasteiger partial charge in [0.1, 0.15) is 19.7 Å². The number of rotatable bonds is 8. The van der Waals surface area contributed by atoms with Crippen molar-refractivity contribution < 1.29 is 14.8 Å². The molecule has 178 valence electrons. The fraction of sp³-hybridized carbons (Fsp3) is 0.219. The smallest absolute Gasteiger partial charge is 0.338 e. The van der Waals surface area contributed by atoms with Gasteiger partial charge in [-0.3, -0.25) is 0 Å².